The standard InChI is InChI=1S/C13H11N3O5/c17-12-9-1-6(15-19)4-16(9)13(18)7-2-10-11(21-5-20-10)3-8(7)14-12/h2-3,9,19H,1,4-5H2,(H,14,17)/b15-6+/t9-/m1/s1. The molecule has 0 unspecified atom stereocenters. The summed E-state index contributed by atoms with van der Waals surface area (Å²) in [6.45, 7) is 0.231. The van der Waals surface area contributed by atoms with Gasteiger partial charge in [-0.15, -0.1) is 0 Å². The zero-order valence-electron chi connectivity index (χ0n) is 10.8. The van der Waals surface area contributed by atoms with Crippen LogP contribution in [0, 0.1) is 0 Å². The van der Waals surface area contributed by atoms with Gasteiger partial charge in [-0.2, -0.15) is 0 Å². The Labute approximate surface area is 118 Å². The summed E-state index contributed by atoms with van der Waals surface area (Å²) in [6.07, 6.45) is 0.231. The molecule has 3 heterocycles. The van der Waals surface area contributed by atoms with Crippen molar-refractivity contribution >= 4 is 23.2 Å². The summed E-state index contributed by atoms with van der Waals surface area (Å²) in [5, 5.41) is 14.7. The first-order chi connectivity index (χ1) is 10.2. The summed E-state index contributed by atoms with van der Waals surface area (Å²) in [6, 6.07) is 2.50. The Balaban J connectivity index is 1.82. The summed E-state index contributed by atoms with van der Waals surface area (Å²) < 4.78 is 10.5. The van der Waals surface area contributed by atoms with Gasteiger partial charge < -0.3 is 24.9 Å². The van der Waals surface area contributed by atoms with E-state index in [0.717, 1.165) is 0 Å². The number of carbonyl (C=O) groups excluding carboxylic acids is 2. The van der Waals surface area contributed by atoms with E-state index in [1.54, 1.807) is 12.1 Å². The second-order valence-corrected chi connectivity index (χ2v) is 5.06. The molecule has 3 aliphatic rings. The minimum absolute atomic E-state index is 0.0913. The van der Waals surface area contributed by atoms with Crippen LogP contribution in [-0.2, 0) is 4.79 Å². The highest BCUT2D eigenvalue weighted by molar-refractivity contribution is 6.14. The molecule has 4 rings (SSSR count). The number of hydrogen-bond acceptors (Lipinski definition) is 6. The third kappa shape index (κ3) is 1.65. The van der Waals surface area contributed by atoms with Crippen LogP contribution in [0.4, 0.5) is 5.69 Å². The molecule has 0 saturated carbocycles. The van der Waals surface area contributed by atoms with E-state index in [1.165, 1.54) is 4.90 Å². The molecule has 21 heavy (non-hydrogen) atoms. The number of nitrogens with zero attached hydrogens (tertiary/aromatic N) is 2. The lowest BCUT2D eigenvalue weighted by Gasteiger charge is -2.19. The van der Waals surface area contributed by atoms with Crippen molar-refractivity contribution in [2.24, 2.45) is 5.16 Å². The lowest BCUT2D eigenvalue weighted by molar-refractivity contribution is -0.119. The van der Waals surface area contributed by atoms with Crippen LogP contribution in [0.1, 0.15) is 16.8 Å². The molecule has 8 nitrogen and oxygen atoms in total. The minimum atomic E-state index is -0.660. The lowest BCUT2D eigenvalue weighted by atomic mass is 10.1. The fourth-order valence-electron chi connectivity index (χ4n) is 2.82. The number of nitrogens with one attached hydrogen (secondary N) is 1. The van der Waals surface area contributed by atoms with Crippen molar-refractivity contribution in [3.8, 4) is 11.5 Å². The third-order valence-electron chi connectivity index (χ3n) is 3.86. The number of ether oxygens (including phenoxy) is 2. The molecule has 0 aliphatic carbocycles. The molecule has 108 valence electrons. The molecular formula is C13H11N3O5. The van der Waals surface area contributed by atoms with E-state index in [2.05, 4.69) is 10.5 Å². The Bertz CT molecular complexity index is 699. The molecule has 0 bridgehead atoms. The molecular weight excluding hydrogens is 278 g/mol. The first-order valence-electron chi connectivity index (χ1n) is 6.42. The molecule has 3 aliphatic heterocycles. The van der Waals surface area contributed by atoms with Crippen LogP contribution < -0.4 is 14.8 Å². The molecule has 1 atom stereocenters. The number of fused-ring (bicyclic) bond motifs is 3. The first-order valence-corrected chi connectivity index (χ1v) is 6.42. The maximum Gasteiger partial charge on any atom is 0.257 e. The van der Waals surface area contributed by atoms with Gasteiger partial charge in [0.15, 0.2) is 11.5 Å². The largest absolute Gasteiger partial charge is 0.454 e. The number of amides is 2. The second kappa shape index (κ2) is 4.11. The van der Waals surface area contributed by atoms with Crippen LogP contribution in [0.3, 0.4) is 0 Å². The molecule has 1 aromatic rings. The van der Waals surface area contributed by atoms with Gasteiger partial charge in [0, 0.05) is 12.5 Å². The Kier molecular flexibility index (Phi) is 2.35. The van der Waals surface area contributed by atoms with E-state index in [-0.39, 0.29) is 31.6 Å². The quantitative estimate of drug-likeness (QED) is 0.532. The van der Waals surface area contributed by atoms with E-state index >= 15 is 0 Å². The van der Waals surface area contributed by atoms with E-state index in [0.29, 0.717) is 28.5 Å². The average Bonchev–Trinajstić information content (AvgIpc) is 3.09. The summed E-state index contributed by atoms with van der Waals surface area (Å²) in [5.74, 6) is 0.372. The van der Waals surface area contributed by atoms with Gasteiger partial charge in [-0.25, -0.2) is 0 Å². The molecule has 1 fully saturated rings. The van der Waals surface area contributed by atoms with Gasteiger partial charge in [0.25, 0.3) is 5.91 Å². The Morgan fingerprint density at radius 2 is 2.05 bits per heavy atom. The van der Waals surface area contributed by atoms with Gasteiger partial charge >= 0.3 is 0 Å². The number of hydrogen-bond donors (Lipinski definition) is 2. The van der Waals surface area contributed by atoms with Crippen LogP contribution >= 0.6 is 0 Å². The van der Waals surface area contributed by atoms with Gasteiger partial charge in [0.2, 0.25) is 12.7 Å². The van der Waals surface area contributed by atoms with Gasteiger partial charge in [0.1, 0.15) is 6.04 Å². The zero-order chi connectivity index (χ0) is 14.6. The van der Waals surface area contributed by atoms with Gasteiger partial charge in [0.05, 0.1) is 23.5 Å². The number of rotatable bonds is 0. The normalized spacial score (nSPS) is 24.7. The van der Waals surface area contributed by atoms with E-state index in [9.17, 15) is 9.59 Å². The molecule has 2 N–H and O–H groups in total. The Morgan fingerprint density at radius 1 is 1.29 bits per heavy atom. The minimum Gasteiger partial charge on any atom is -0.454 e. The van der Waals surface area contributed by atoms with Crippen molar-refractivity contribution in [2.75, 3.05) is 18.7 Å². The summed E-state index contributed by atoms with van der Waals surface area (Å²) >= 11 is 0. The highest BCUT2D eigenvalue weighted by Crippen LogP contribution is 2.39. The van der Waals surface area contributed by atoms with Gasteiger partial charge in [-0.3, -0.25) is 9.59 Å². The molecule has 1 saturated heterocycles. The van der Waals surface area contributed by atoms with Crippen LogP contribution in [0.15, 0.2) is 17.3 Å². The third-order valence-corrected chi connectivity index (χ3v) is 3.86. The number of anilines is 1. The first kappa shape index (κ1) is 12.0. The topological polar surface area (TPSA) is 100 Å². The number of oxime groups is 1. The van der Waals surface area contributed by atoms with Crippen LogP contribution in [0.5, 0.6) is 11.5 Å². The van der Waals surface area contributed by atoms with E-state index < -0.39 is 6.04 Å². The predicted octanol–water partition coefficient (Wildman–Crippen LogP) is 0.412. The Morgan fingerprint density at radius 3 is 2.81 bits per heavy atom. The van der Waals surface area contributed by atoms with Crippen LogP contribution in [0.25, 0.3) is 0 Å². The molecule has 0 aromatic heterocycles. The van der Waals surface area contributed by atoms with Crippen molar-refractivity contribution < 1.29 is 24.3 Å². The van der Waals surface area contributed by atoms with Crippen molar-refractivity contribution in [3.63, 3.8) is 0 Å². The zero-order valence-corrected chi connectivity index (χ0v) is 10.8. The van der Waals surface area contributed by atoms with Crippen molar-refractivity contribution in [1.29, 1.82) is 0 Å². The maximum atomic E-state index is 12.6. The highest BCUT2D eigenvalue weighted by atomic mass is 16.7. The molecule has 8 heteroatoms. The van der Waals surface area contributed by atoms with Gasteiger partial charge in [-0.1, -0.05) is 5.16 Å². The number of carbonyl (C=O) groups is 2. The van der Waals surface area contributed by atoms with E-state index in [4.69, 9.17) is 14.7 Å². The van der Waals surface area contributed by atoms with E-state index in [1.807, 2.05) is 0 Å². The molecule has 0 radical (unpaired) electrons. The second-order valence-electron chi connectivity index (χ2n) is 5.06. The fraction of sp³-hybridized carbons (Fsp3) is 0.308. The molecule has 0 spiro atoms. The monoisotopic (exact) mass is 289 g/mol. The van der Waals surface area contributed by atoms with Crippen molar-refractivity contribution in [3.05, 3.63) is 17.7 Å². The Hall–Kier alpha value is -2.77. The van der Waals surface area contributed by atoms with Crippen LogP contribution in [0.2, 0.25) is 0 Å². The maximum absolute atomic E-state index is 12.6. The summed E-state index contributed by atoms with van der Waals surface area (Å²) in [4.78, 5) is 26.3. The van der Waals surface area contributed by atoms with Crippen molar-refractivity contribution in [1.82, 2.24) is 4.90 Å². The highest BCUT2D eigenvalue weighted by Gasteiger charge is 2.42. The predicted molar refractivity (Wildman–Crippen MR) is 69.9 cm³/mol. The SMILES string of the molecule is O=C1Nc2cc3c(cc2C(=O)N2C/C(=N/O)C[C@H]12)OCO3. The average molecular weight is 289 g/mol. The number of benzene rings is 1. The smallest absolute Gasteiger partial charge is 0.257 e. The fourth-order valence-corrected chi connectivity index (χ4v) is 2.82. The molecule has 2 amide bonds. The van der Waals surface area contributed by atoms with Crippen LogP contribution in [-0.4, -0.2) is 47.0 Å². The lowest BCUT2D eigenvalue weighted by Crippen LogP contribution is -2.40. The summed E-state index contributed by atoms with van der Waals surface area (Å²) in [5.41, 5.74) is 1.16. The summed E-state index contributed by atoms with van der Waals surface area (Å²) in [7, 11) is 0. The molecule has 1 aromatic carbocycles. The van der Waals surface area contributed by atoms with Gasteiger partial charge in [-0.05, 0) is 6.07 Å². The van der Waals surface area contributed by atoms with Crippen molar-refractivity contribution in [2.45, 2.75) is 12.5 Å².